The van der Waals surface area contributed by atoms with Gasteiger partial charge in [-0.25, -0.2) is 9.97 Å². The zero-order valence-corrected chi connectivity index (χ0v) is 9.78. The number of ether oxygens (including phenoxy) is 1. The Hall–Kier alpha value is -2.94. The number of hydrogen-bond acceptors (Lipinski definition) is 5. The van der Waals surface area contributed by atoms with E-state index < -0.39 is 5.97 Å². The van der Waals surface area contributed by atoms with Gasteiger partial charge >= 0.3 is 5.97 Å². The third-order valence-electron chi connectivity index (χ3n) is 2.26. The Morgan fingerprint density at radius 1 is 1.26 bits per heavy atom. The van der Waals surface area contributed by atoms with Gasteiger partial charge in [-0.15, -0.1) is 0 Å². The maximum Gasteiger partial charge on any atom is 0.307 e. The zero-order chi connectivity index (χ0) is 13.7. The quantitative estimate of drug-likeness (QED) is 0.894. The Morgan fingerprint density at radius 2 is 1.95 bits per heavy atom. The molecular formula is C13H9N3O3. The maximum atomic E-state index is 10.5. The molecule has 6 nitrogen and oxygen atoms in total. The molecule has 0 saturated carbocycles. The van der Waals surface area contributed by atoms with Gasteiger partial charge in [0.15, 0.2) is 0 Å². The van der Waals surface area contributed by atoms with Crippen LogP contribution in [0.1, 0.15) is 11.3 Å². The minimum absolute atomic E-state index is 0.0468. The van der Waals surface area contributed by atoms with Gasteiger partial charge in [0.2, 0.25) is 5.69 Å². The highest BCUT2D eigenvalue weighted by Gasteiger charge is 2.07. The Kier molecular flexibility index (Phi) is 3.69. The topological polar surface area (TPSA) is 96.1 Å². The standard InChI is InChI=1S/C13H9N3O3/c14-8-11-13(16-6-5-15-11)19-10-3-1-9(2-4-10)7-12(17)18/h1-6H,7H2,(H,17,18). The molecule has 19 heavy (non-hydrogen) atoms. The Morgan fingerprint density at radius 3 is 2.58 bits per heavy atom. The maximum absolute atomic E-state index is 10.5. The largest absolute Gasteiger partial charge is 0.481 e. The second-order valence-corrected chi connectivity index (χ2v) is 3.64. The summed E-state index contributed by atoms with van der Waals surface area (Å²) in [4.78, 5) is 18.3. The molecule has 0 aliphatic heterocycles. The number of carboxylic acids is 1. The lowest BCUT2D eigenvalue weighted by Gasteiger charge is -2.05. The second-order valence-electron chi connectivity index (χ2n) is 3.64. The van der Waals surface area contributed by atoms with Crippen molar-refractivity contribution in [2.24, 2.45) is 0 Å². The van der Waals surface area contributed by atoms with E-state index in [1.807, 2.05) is 6.07 Å². The predicted molar refractivity (Wildman–Crippen MR) is 64.6 cm³/mol. The lowest BCUT2D eigenvalue weighted by Crippen LogP contribution is -1.99. The van der Waals surface area contributed by atoms with Gasteiger partial charge in [-0.2, -0.15) is 5.26 Å². The van der Waals surface area contributed by atoms with Crippen LogP contribution in [0, 0.1) is 11.3 Å². The molecule has 2 aromatic rings. The highest BCUT2D eigenvalue weighted by Crippen LogP contribution is 2.21. The molecule has 0 amide bonds. The van der Waals surface area contributed by atoms with Crippen molar-refractivity contribution in [3.8, 4) is 17.7 Å². The highest BCUT2D eigenvalue weighted by molar-refractivity contribution is 5.70. The van der Waals surface area contributed by atoms with Gasteiger partial charge in [0.1, 0.15) is 11.8 Å². The molecule has 1 N–H and O–H groups in total. The van der Waals surface area contributed by atoms with Crippen LogP contribution in [0.15, 0.2) is 36.7 Å². The molecule has 6 heteroatoms. The number of aliphatic carboxylic acids is 1. The van der Waals surface area contributed by atoms with Crippen LogP contribution in [0.5, 0.6) is 11.6 Å². The van der Waals surface area contributed by atoms with Gasteiger partial charge in [0, 0.05) is 12.4 Å². The smallest absolute Gasteiger partial charge is 0.307 e. The minimum Gasteiger partial charge on any atom is -0.481 e. The van der Waals surface area contributed by atoms with Crippen LogP contribution in [0.3, 0.4) is 0 Å². The van der Waals surface area contributed by atoms with Crippen molar-refractivity contribution in [3.05, 3.63) is 47.9 Å². The molecule has 94 valence electrons. The SMILES string of the molecule is N#Cc1nccnc1Oc1ccc(CC(=O)O)cc1. The van der Waals surface area contributed by atoms with Gasteiger partial charge in [-0.05, 0) is 17.7 Å². The molecule has 0 bridgehead atoms. The van der Waals surface area contributed by atoms with E-state index in [0.717, 1.165) is 0 Å². The number of nitrogens with zero attached hydrogens (tertiary/aromatic N) is 3. The fourth-order valence-corrected chi connectivity index (χ4v) is 1.44. The van der Waals surface area contributed by atoms with Gasteiger partial charge in [0.05, 0.1) is 6.42 Å². The number of nitriles is 1. The molecule has 0 aliphatic carbocycles. The van der Waals surface area contributed by atoms with Crippen molar-refractivity contribution in [1.29, 1.82) is 5.26 Å². The first-order valence-electron chi connectivity index (χ1n) is 5.39. The molecule has 1 aromatic heterocycles. The number of aromatic nitrogens is 2. The first-order chi connectivity index (χ1) is 9.19. The molecule has 1 aromatic carbocycles. The van der Waals surface area contributed by atoms with Crippen LogP contribution in [0.25, 0.3) is 0 Å². The van der Waals surface area contributed by atoms with Crippen LogP contribution in [0.2, 0.25) is 0 Å². The van der Waals surface area contributed by atoms with Gasteiger partial charge < -0.3 is 9.84 Å². The molecule has 0 atom stereocenters. The van der Waals surface area contributed by atoms with E-state index in [0.29, 0.717) is 11.3 Å². The van der Waals surface area contributed by atoms with E-state index in [-0.39, 0.29) is 18.0 Å². The molecule has 0 unspecified atom stereocenters. The van der Waals surface area contributed by atoms with Crippen LogP contribution < -0.4 is 4.74 Å². The fraction of sp³-hybridized carbons (Fsp3) is 0.0769. The Bertz CT molecular complexity index is 632. The summed E-state index contributed by atoms with van der Waals surface area (Å²) >= 11 is 0. The summed E-state index contributed by atoms with van der Waals surface area (Å²) in [7, 11) is 0. The van der Waals surface area contributed by atoms with Crippen molar-refractivity contribution in [2.45, 2.75) is 6.42 Å². The zero-order valence-electron chi connectivity index (χ0n) is 9.78. The summed E-state index contributed by atoms with van der Waals surface area (Å²) in [5.41, 5.74) is 0.761. The molecule has 0 saturated heterocycles. The van der Waals surface area contributed by atoms with E-state index in [1.54, 1.807) is 24.3 Å². The third kappa shape index (κ3) is 3.26. The third-order valence-corrected chi connectivity index (χ3v) is 2.26. The second kappa shape index (κ2) is 5.60. The lowest BCUT2D eigenvalue weighted by molar-refractivity contribution is -0.136. The molecule has 0 radical (unpaired) electrons. The number of benzene rings is 1. The van der Waals surface area contributed by atoms with Gasteiger partial charge in [-0.3, -0.25) is 4.79 Å². The van der Waals surface area contributed by atoms with E-state index >= 15 is 0 Å². The van der Waals surface area contributed by atoms with E-state index in [2.05, 4.69) is 9.97 Å². The normalized spacial score (nSPS) is 9.63. The van der Waals surface area contributed by atoms with Crippen molar-refractivity contribution in [1.82, 2.24) is 9.97 Å². The molecule has 1 heterocycles. The summed E-state index contributed by atoms with van der Waals surface area (Å²) < 4.78 is 5.42. The van der Waals surface area contributed by atoms with Crippen LogP contribution in [0.4, 0.5) is 0 Å². The van der Waals surface area contributed by atoms with Crippen molar-refractivity contribution < 1.29 is 14.6 Å². The summed E-state index contributed by atoms with van der Waals surface area (Å²) in [6, 6.07) is 8.40. The van der Waals surface area contributed by atoms with E-state index in [4.69, 9.17) is 15.1 Å². The van der Waals surface area contributed by atoms with E-state index in [1.165, 1.54) is 12.4 Å². The first kappa shape index (κ1) is 12.5. The molecule has 0 fully saturated rings. The summed E-state index contributed by atoms with van der Waals surface area (Å²) in [6.45, 7) is 0. The average molecular weight is 255 g/mol. The lowest BCUT2D eigenvalue weighted by atomic mass is 10.1. The summed E-state index contributed by atoms with van der Waals surface area (Å²) in [5.74, 6) is -0.309. The summed E-state index contributed by atoms with van der Waals surface area (Å²) in [5, 5.41) is 17.5. The van der Waals surface area contributed by atoms with Crippen LogP contribution in [-0.4, -0.2) is 21.0 Å². The predicted octanol–water partition coefficient (Wildman–Crippen LogP) is 1.77. The van der Waals surface area contributed by atoms with Crippen LogP contribution >= 0.6 is 0 Å². The molecular weight excluding hydrogens is 246 g/mol. The minimum atomic E-state index is -0.894. The number of carbonyl (C=O) groups is 1. The molecule has 0 spiro atoms. The molecule has 0 aliphatic rings. The van der Waals surface area contributed by atoms with Gasteiger partial charge in [-0.1, -0.05) is 12.1 Å². The highest BCUT2D eigenvalue weighted by atomic mass is 16.5. The van der Waals surface area contributed by atoms with Crippen LogP contribution in [-0.2, 0) is 11.2 Å². The number of carboxylic acid groups (broad SMARTS) is 1. The average Bonchev–Trinajstić information content (AvgIpc) is 2.41. The van der Waals surface area contributed by atoms with Crippen molar-refractivity contribution in [3.63, 3.8) is 0 Å². The van der Waals surface area contributed by atoms with Crippen molar-refractivity contribution >= 4 is 5.97 Å². The van der Waals surface area contributed by atoms with Gasteiger partial charge in [0.25, 0.3) is 5.88 Å². The monoisotopic (exact) mass is 255 g/mol. The first-order valence-corrected chi connectivity index (χ1v) is 5.39. The fourth-order valence-electron chi connectivity index (χ4n) is 1.44. The summed E-state index contributed by atoms with van der Waals surface area (Å²) in [6.07, 6.45) is 2.78. The Balaban J connectivity index is 2.16. The number of rotatable bonds is 4. The molecule has 2 rings (SSSR count). The number of hydrogen-bond donors (Lipinski definition) is 1. The Labute approximate surface area is 108 Å². The van der Waals surface area contributed by atoms with Crippen molar-refractivity contribution in [2.75, 3.05) is 0 Å². The van der Waals surface area contributed by atoms with E-state index in [9.17, 15) is 4.79 Å².